The van der Waals surface area contributed by atoms with Crippen LogP contribution < -0.4 is 10.2 Å². The number of piperidine rings is 1. The lowest BCUT2D eigenvalue weighted by atomic mass is 10.0. The van der Waals surface area contributed by atoms with Crippen LogP contribution in [0.25, 0.3) is 22.0 Å². The minimum Gasteiger partial charge on any atom is -0.370 e. The molecule has 8 heteroatoms. The first-order valence-corrected chi connectivity index (χ1v) is 14.0. The monoisotopic (exact) mass is 546 g/mol. The Balaban J connectivity index is 1.14. The van der Waals surface area contributed by atoms with Crippen LogP contribution in [0.1, 0.15) is 12.8 Å². The van der Waals surface area contributed by atoms with E-state index in [1.165, 1.54) is 44.4 Å². The predicted octanol–water partition coefficient (Wildman–Crippen LogP) is 6.56. The summed E-state index contributed by atoms with van der Waals surface area (Å²) in [5.41, 5.74) is 3.58. The molecule has 0 radical (unpaired) electrons. The second kappa shape index (κ2) is 11.1. The molecule has 0 unspecified atom stereocenters. The maximum Gasteiger partial charge on any atom is 0.227 e. The van der Waals surface area contributed by atoms with Gasteiger partial charge in [0, 0.05) is 56.6 Å². The molecule has 2 aliphatic heterocycles. The fraction of sp³-hybridized carbons (Fsp3) is 0.333. The molecule has 0 atom stereocenters. The standard InChI is InChI=1S/C30H32Cl2N6/c1-36-14-16-37(17-15-36)25-10-12-38(13-11-25)28-9-8-24(19-26(28)31)34-30-33-20-27(32)29(35-30)23-7-6-21-4-2-3-5-22(21)18-23/h2-9,18-20,25H,10-17H2,1H3,(H,33,34,35). The molecule has 2 fully saturated rings. The Kier molecular flexibility index (Phi) is 7.39. The largest absolute Gasteiger partial charge is 0.370 e. The molecule has 1 aromatic heterocycles. The molecule has 6 rings (SSSR count). The van der Waals surface area contributed by atoms with Crippen molar-refractivity contribution in [2.75, 3.05) is 56.5 Å². The van der Waals surface area contributed by atoms with Crippen molar-refractivity contribution >= 4 is 51.3 Å². The molecule has 0 bridgehead atoms. The first-order chi connectivity index (χ1) is 18.5. The molecule has 2 aliphatic rings. The molecule has 4 aromatic rings. The van der Waals surface area contributed by atoms with E-state index in [-0.39, 0.29) is 0 Å². The molecule has 3 aromatic carbocycles. The molecule has 2 saturated heterocycles. The van der Waals surface area contributed by atoms with E-state index in [9.17, 15) is 0 Å². The van der Waals surface area contributed by atoms with Crippen molar-refractivity contribution in [3.8, 4) is 11.3 Å². The van der Waals surface area contributed by atoms with Crippen molar-refractivity contribution in [3.63, 3.8) is 0 Å². The molecule has 3 heterocycles. The smallest absolute Gasteiger partial charge is 0.227 e. The zero-order chi connectivity index (χ0) is 26.1. The summed E-state index contributed by atoms with van der Waals surface area (Å²) in [4.78, 5) is 16.6. The fourth-order valence-electron chi connectivity index (χ4n) is 5.60. The number of piperazine rings is 1. The number of hydrogen-bond acceptors (Lipinski definition) is 6. The number of rotatable bonds is 5. The van der Waals surface area contributed by atoms with Gasteiger partial charge in [0.15, 0.2) is 0 Å². The van der Waals surface area contributed by atoms with Gasteiger partial charge in [0.05, 0.1) is 27.6 Å². The number of hydrogen-bond donors (Lipinski definition) is 1. The molecule has 196 valence electrons. The highest BCUT2D eigenvalue weighted by Gasteiger charge is 2.27. The molecular weight excluding hydrogens is 515 g/mol. The highest BCUT2D eigenvalue weighted by Crippen LogP contribution is 2.34. The van der Waals surface area contributed by atoms with Gasteiger partial charge in [0.1, 0.15) is 0 Å². The van der Waals surface area contributed by atoms with Gasteiger partial charge in [0.25, 0.3) is 0 Å². The number of nitrogens with one attached hydrogen (secondary N) is 1. The Morgan fingerprint density at radius 1 is 0.816 bits per heavy atom. The van der Waals surface area contributed by atoms with Crippen LogP contribution in [-0.2, 0) is 0 Å². The molecule has 0 amide bonds. The van der Waals surface area contributed by atoms with Crippen LogP contribution in [-0.4, -0.2) is 72.1 Å². The summed E-state index contributed by atoms with van der Waals surface area (Å²) in [6.07, 6.45) is 3.99. The number of benzene rings is 3. The van der Waals surface area contributed by atoms with Crippen molar-refractivity contribution in [2.24, 2.45) is 0 Å². The van der Waals surface area contributed by atoms with Gasteiger partial charge in [-0.3, -0.25) is 4.90 Å². The number of likely N-dealkylation sites (N-methyl/N-ethyl adjacent to an activating group) is 1. The van der Waals surface area contributed by atoms with Gasteiger partial charge in [-0.1, -0.05) is 59.6 Å². The summed E-state index contributed by atoms with van der Waals surface area (Å²) in [5.74, 6) is 0.481. The minimum atomic E-state index is 0.481. The topological polar surface area (TPSA) is 47.5 Å². The van der Waals surface area contributed by atoms with Crippen molar-refractivity contribution in [1.29, 1.82) is 0 Å². The van der Waals surface area contributed by atoms with E-state index in [1.807, 2.05) is 30.3 Å². The maximum absolute atomic E-state index is 6.78. The quantitative estimate of drug-likeness (QED) is 0.305. The maximum atomic E-state index is 6.78. The lowest BCUT2D eigenvalue weighted by molar-refractivity contribution is 0.0982. The van der Waals surface area contributed by atoms with Crippen LogP contribution in [0, 0.1) is 0 Å². The summed E-state index contributed by atoms with van der Waals surface area (Å²) in [6.45, 7) is 6.75. The fourth-order valence-corrected chi connectivity index (χ4v) is 6.10. The lowest BCUT2D eigenvalue weighted by Gasteiger charge is -2.42. The number of halogens is 2. The summed E-state index contributed by atoms with van der Waals surface area (Å²) in [5, 5.41) is 6.88. The zero-order valence-electron chi connectivity index (χ0n) is 21.6. The summed E-state index contributed by atoms with van der Waals surface area (Å²) >= 11 is 13.3. The molecule has 1 N–H and O–H groups in total. The van der Waals surface area contributed by atoms with Gasteiger partial charge < -0.3 is 15.1 Å². The van der Waals surface area contributed by atoms with E-state index >= 15 is 0 Å². The number of aromatic nitrogens is 2. The van der Waals surface area contributed by atoms with Gasteiger partial charge in [-0.25, -0.2) is 9.97 Å². The van der Waals surface area contributed by atoms with Gasteiger partial charge in [-0.15, -0.1) is 0 Å². The van der Waals surface area contributed by atoms with Gasteiger partial charge >= 0.3 is 0 Å². The number of anilines is 3. The average molecular weight is 548 g/mol. The summed E-state index contributed by atoms with van der Waals surface area (Å²) in [6, 6.07) is 21.3. The van der Waals surface area contributed by atoms with Crippen LogP contribution >= 0.6 is 23.2 Å². The SMILES string of the molecule is CN1CCN(C2CCN(c3ccc(Nc4ncc(Cl)c(-c5ccc6ccccc6c5)n4)cc3Cl)CC2)CC1. The third-order valence-electron chi connectivity index (χ3n) is 7.83. The van der Waals surface area contributed by atoms with E-state index in [2.05, 4.69) is 62.4 Å². The van der Waals surface area contributed by atoms with E-state index in [1.54, 1.807) is 6.20 Å². The molecular formula is C30H32Cl2N6. The first kappa shape index (κ1) is 25.4. The average Bonchev–Trinajstić information content (AvgIpc) is 2.94. The van der Waals surface area contributed by atoms with Gasteiger partial charge in [-0.05, 0) is 54.9 Å². The van der Waals surface area contributed by atoms with Crippen LogP contribution in [0.3, 0.4) is 0 Å². The summed E-state index contributed by atoms with van der Waals surface area (Å²) in [7, 11) is 2.21. The molecule has 38 heavy (non-hydrogen) atoms. The normalized spacial score (nSPS) is 17.7. The third kappa shape index (κ3) is 5.45. The van der Waals surface area contributed by atoms with Crippen molar-refractivity contribution in [1.82, 2.24) is 19.8 Å². The highest BCUT2D eigenvalue weighted by molar-refractivity contribution is 6.33. The van der Waals surface area contributed by atoms with Gasteiger partial charge in [-0.2, -0.15) is 0 Å². The first-order valence-electron chi connectivity index (χ1n) is 13.3. The van der Waals surface area contributed by atoms with E-state index in [0.29, 0.717) is 22.7 Å². The Hall–Kier alpha value is -2.90. The second-order valence-corrected chi connectivity index (χ2v) is 11.1. The van der Waals surface area contributed by atoms with Crippen LogP contribution in [0.5, 0.6) is 0 Å². The Morgan fingerprint density at radius 3 is 2.34 bits per heavy atom. The van der Waals surface area contributed by atoms with Crippen LogP contribution in [0.4, 0.5) is 17.3 Å². The molecule has 0 spiro atoms. The number of fused-ring (bicyclic) bond motifs is 1. The zero-order valence-corrected chi connectivity index (χ0v) is 23.1. The molecule has 0 aliphatic carbocycles. The minimum absolute atomic E-state index is 0.481. The highest BCUT2D eigenvalue weighted by atomic mass is 35.5. The Bertz CT molecular complexity index is 1430. The van der Waals surface area contributed by atoms with Crippen molar-refractivity contribution in [2.45, 2.75) is 18.9 Å². The number of nitrogens with zero attached hydrogens (tertiary/aromatic N) is 5. The molecule has 0 saturated carbocycles. The second-order valence-electron chi connectivity index (χ2n) is 10.3. The Labute approximate surface area is 234 Å². The van der Waals surface area contributed by atoms with Crippen LogP contribution in [0.2, 0.25) is 10.0 Å². The molecule has 6 nitrogen and oxygen atoms in total. The predicted molar refractivity (Wildman–Crippen MR) is 159 cm³/mol. The van der Waals surface area contributed by atoms with E-state index in [0.717, 1.165) is 40.4 Å². The van der Waals surface area contributed by atoms with Crippen molar-refractivity contribution in [3.05, 3.63) is 76.9 Å². The summed E-state index contributed by atoms with van der Waals surface area (Å²) < 4.78 is 0. The van der Waals surface area contributed by atoms with E-state index in [4.69, 9.17) is 28.2 Å². The third-order valence-corrected chi connectivity index (χ3v) is 8.41. The van der Waals surface area contributed by atoms with Gasteiger partial charge in [0.2, 0.25) is 5.95 Å². The lowest BCUT2D eigenvalue weighted by Crippen LogP contribution is -2.52. The Morgan fingerprint density at radius 2 is 1.58 bits per heavy atom. The van der Waals surface area contributed by atoms with E-state index < -0.39 is 0 Å². The van der Waals surface area contributed by atoms with Crippen LogP contribution in [0.15, 0.2) is 66.9 Å². The van der Waals surface area contributed by atoms with Crippen molar-refractivity contribution < 1.29 is 0 Å².